The van der Waals surface area contributed by atoms with E-state index in [0.717, 1.165) is 57.8 Å². The Hall–Kier alpha value is -1.30. The van der Waals surface area contributed by atoms with Gasteiger partial charge in [0.05, 0.1) is 18.2 Å². The molecule has 0 aromatic heterocycles. The molecule has 124 valence electrons. The first-order valence-corrected chi connectivity index (χ1v) is 8.74. The van der Waals surface area contributed by atoms with E-state index < -0.39 is 0 Å². The molecule has 0 aliphatic carbocycles. The van der Waals surface area contributed by atoms with Crippen molar-refractivity contribution < 1.29 is 9.53 Å². The average Bonchev–Trinajstić information content (AvgIpc) is 3.21. The average molecular weight is 308 g/mol. The summed E-state index contributed by atoms with van der Waals surface area (Å²) in [4.78, 5) is 18.2. The standard InChI is InChI=1S/C16H28N4O2/c1-2-17-16(19-13-11-12-6-7-14(13)22-12)18-8-4-10-20-9-3-5-15(20)21/h12-14H,2-11H2,1H3,(H2,17,18,19). The number of ether oxygens (including phenoxy) is 1. The SMILES string of the molecule is CCNC(=NCCCN1CCCC1=O)NC1CC2CCC1O2. The number of guanidine groups is 1. The van der Waals surface area contributed by atoms with E-state index in [1.54, 1.807) is 0 Å². The van der Waals surface area contributed by atoms with E-state index in [4.69, 9.17) is 4.74 Å². The molecule has 0 saturated carbocycles. The van der Waals surface area contributed by atoms with Crippen LogP contribution < -0.4 is 10.6 Å². The minimum Gasteiger partial charge on any atom is -0.373 e. The van der Waals surface area contributed by atoms with Crippen LogP contribution in [-0.2, 0) is 9.53 Å². The van der Waals surface area contributed by atoms with Gasteiger partial charge in [-0.1, -0.05) is 0 Å². The first-order chi connectivity index (χ1) is 10.8. The molecule has 3 rings (SSSR count). The Kier molecular flexibility index (Phi) is 5.18. The number of aliphatic imine (C=N–C) groups is 1. The van der Waals surface area contributed by atoms with Gasteiger partial charge in [0.25, 0.3) is 0 Å². The molecule has 3 aliphatic rings. The number of amides is 1. The maximum absolute atomic E-state index is 11.6. The van der Waals surface area contributed by atoms with Crippen LogP contribution in [0.4, 0.5) is 0 Å². The van der Waals surface area contributed by atoms with E-state index in [-0.39, 0.29) is 0 Å². The van der Waals surface area contributed by atoms with Crippen LogP contribution in [-0.4, -0.2) is 61.2 Å². The normalized spacial score (nSPS) is 31.1. The van der Waals surface area contributed by atoms with Gasteiger partial charge in [0.2, 0.25) is 5.91 Å². The molecule has 0 spiro atoms. The lowest BCUT2D eigenvalue weighted by Gasteiger charge is -2.22. The van der Waals surface area contributed by atoms with Gasteiger partial charge in [-0.3, -0.25) is 9.79 Å². The van der Waals surface area contributed by atoms with Gasteiger partial charge in [0, 0.05) is 32.6 Å². The van der Waals surface area contributed by atoms with Crippen molar-refractivity contribution in [3.63, 3.8) is 0 Å². The lowest BCUT2D eigenvalue weighted by Crippen LogP contribution is -2.47. The summed E-state index contributed by atoms with van der Waals surface area (Å²) >= 11 is 0. The molecule has 0 aromatic carbocycles. The maximum Gasteiger partial charge on any atom is 0.222 e. The number of carbonyl (C=O) groups excluding carboxylic acids is 1. The van der Waals surface area contributed by atoms with Gasteiger partial charge in [-0.2, -0.15) is 0 Å². The molecule has 0 radical (unpaired) electrons. The van der Waals surface area contributed by atoms with E-state index in [1.807, 2.05) is 4.90 Å². The monoisotopic (exact) mass is 308 g/mol. The number of carbonyl (C=O) groups is 1. The second-order valence-electron chi connectivity index (χ2n) is 6.46. The fraction of sp³-hybridized carbons (Fsp3) is 0.875. The molecule has 2 N–H and O–H groups in total. The molecule has 0 aromatic rings. The van der Waals surface area contributed by atoms with Gasteiger partial charge >= 0.3 is 0 Å². The van der Waals surface area contributed by atoms with Crippen molar-refractivity contribution in [3.8, 4) is 0 Å². The summed E-state index contributed by atoms with van der Waals surface area (Å²) in [6.07, 6.45) is 6.93. The minimum absolute atomic E-state index is 0.299. The topological polar surface area (TPSA) is 66.0 Å². The van der Waals surface area contributed by atoms with Gasteiger partial charge in [0.1, 0.15) is 0 Å². The molecule has 3 heterocycles. The molecule has 3 fully saturated rings. The molecule has 3 aliphatic heterocycles. The summed E-state index contributed by atoms with van der Waals surface area (Å²) in [5.41, 5.74) is 0. The summed E-state index contributed by atoms with van der Waals surface area (Å²) in [5.74, 6) is 1.18. The van der Waals surface area contributed by atoms with Crippen LogP contribution in [0, 0.1) is 0 Å². The number of nitrogens with zero attached hydrogens (tertiary/aromatic N) is 2. The molecule has 2 bridgehead atoms. The van der Waals surface area contributed by atoms with Crippen LogP contribution in [0.1, 0.15) is 45.4 Å². The van der Waals surface area contributed by atoms with E-state index >= 15 is 0 Å². The van der Waals surface area contributed by atoms with Crippen molar-refractivity contribution in [1.82, 2.24) is 15.5 Å². The van der Waals surface area contributed by atoms with Gasteiger partial charge in [0.15, 0.2) is 5.96 Å². The summed E-state index contributed by atoms with van der Waals surface area (Å²) in [6.45, 7) is 5.44. The number of hydrogen-bond acceptors (Lipinski definition) is 3. The summed E-state index contributed by atoms with van der Waals surface area (Å²) in [7, 11) is 0. The molecule has 22 heavy (non-hydrogen) atoms. The zero-order valence-electron chi connectivity index (χ0n) is 13.5. The molecule has 3 atom stereocenters. The third kappa shape index (κ3) is 3.72. The lowest BCUT2D eigenvalue weighted by molar-refractivity contribution is -0.127. The Balaban J connectivity index is 1.42. The Morgan fingerprint density at radius 3 is 3.00 bits per heavy atom. The predicted octanol–water partition coefficient (Wildman–Crippen LogP) is 0.874. The summed E-state index contributed by atoms with van der Waals surface area (Å²) in [5, 5.41) is 6.83. The van der Waals surface area contributed by atoms with Gasteiger partial charge < -0.3 is 20.3 Å². The fourth-order valence-corrected chi connectivity index (χ4v) is 3.68. The van der Waals surface area contributed by atoms with Crippen molar-refractivity contribution in [2.75, 3.05) is 26.2 Å². The first kappa shape index (κ1) is 15.6. The highest BCUT2D eigenvalue weighted by molar-refractivity contribution is 5.80. The first-order valence-electron chi connectivity index (χ1n) is 8.74. The van der Waals surface area contributed by atoms with Gasteiger partial charge in [-0.15, -0.1) is 0 Å². The largest absolute Gasteiger partial charge is 0.373 e. The molecular formula is C16H28N4O2. The quantitative estimate of drug-likeness (QED) is 0.434. The van der Waals surface area contributed by atoms with Crippen molar-refractivity contribution in [1.29, 1.82) is 0 Å². The van der Waals surface area contributed by atoms with E-state index in [2.05, 4.69) is 22.5 Å². The Labute approximate surface area is 132 Å². The number of nitrogens with one attached hydrogen (secondary N) is 2. The highest BCUT2D eigenvalue weighted by atomic mass is 16.5. The van der Waals surface area contributed by atoms with Crippen LogP contribution in [0.2, 0.25) is 0 Å². The number of likely N-dealkylation sites (tertiary alicyclic amines) is 1. The van der Waals surface area contributed by atoms with Crippen molar-refractivity contribution >= 4 is 11.9 Å². The van der Waals surface area contributed by atoms with Gasteiger partial charge in [-0.05, 0) is 39.0 Å². The van der Waals surface area contributed by atoms with Crippen LogP contribution in [0.5, 0.6) is 0 Å². The molecule has 3 unspecified atom stereocenters. The van der Waals surface area contributed by atoms with Crippen molar-refractivity contribution in [3.05, 3.63) is 0 Å². The minimum atomic E-state index is 0.299. The third-order valence-corrected chi connectivity index (χ3v) is 4.80. The summed E-state index contributed by atoms with van der Waals surface area (Å²) in [6, 6.07) is 0.400. The van der Waals surface area contributed by atoms with Crippen molar-refractivity contribution in [2.24, 2.45) is 4.99 Å². The van der Waals surface area contributed by atoms with Crippen molar-refractivity contribution in [2.45, 2.75) is 63.7 Å². The van der Waals surface area contributed by atoms with Crippen LogP contribution >= 0.6 is 0 Å². The Morgan fingerprint density at radius 1 is 1.45 bits per heavy atom. The molecule has 6 heteroatoms. The number of rotatable bonds is 6. The fourth-order valence-electron chi connectivity index (χ4n) is 3.68. The zero-order valence-corrected chi connectivity index (χ0v) is 13.5. The smallest absolute Gasteiger partial charge is 0.222 e. The third-order valence-electron chi connectivity index (χ3n) is 4.80. The number of hydrogen-bond donors (Lipinski definition) is 2. The predicted molar refractivity (Wildman–Crippen MR) is 85.8 cm³/mol. The Bertz CT molecular complexity index is 426. The molecule has 3 saturated heterocycles. The van der Waals surface area contributed by atoms with E-state index in [9.17, 15) is 4.79 Å². The van der Waals surface area contributed by atoms with E-state index in [0.29, 0.717) is 24.2 Å². The second kappa shape index (κ2) is 7.31. The number of fused-ring (bicyclic) bond motifs is 2. The second-order valence-corrected chi connectivity index (χ2v) is 6.46. The Morgan fingerprint density at radius 2 is 2.36 bits per heavy atom. The zero-order chi connectivity index (χ0) is 15.4. The highest BCUT2D eigenvalue weighted by Crippen LogP contribution is 2.34. The van der Waals surface area contributed by atoms with E-state index in [1.165, 1.54) is 12.8 Å². The van der Waals surface area contributed by atoms with Gasteiger partial charge in [-0.25, -0.2) is 0 Å². The van der Waals surface area contributed by atoms with Crippen LogP contribution in [0.3, 0.4) is 0 Å². The van der Waals surface area contributed by atoms with Crippen LogP contribution in [0.25, 0.3) is 0 Å². The molecule has 6 nitrogen and oxygen atoms in total. The van der Waals surface area contributed by atoms with Crippen LogP contribution in [0.15, 0.2) is 4.99 Å². The lowest BCUT2D eigenvalue weighted by atomic mass is 9.96. The maximum atomic E-state index is 11.6. The highest BCUT2D eigenvalue weighted by Gasteiger charge is 2.41. The molecule has 1 amide bonds. The molecular weight excluding hydrogens is 280 g/mol. The summed E-state index contributed by atoms with van der Waals surface area (Å²) < 4.78 is 5.88.